The highest BCUT2D eigenvalue weighted by Crippen LogP contribution is 2.49. The van der Waals surface area contributed by atoms with Crippen LogP contribution in [0.4, 0.5) is 0 Å². The summed E-state index contributed by atoms with van der Waals surface area (Å²) in [6.07, 6.45) is 43.5. The van der Waals surface area contributed by atoms with Crippen molar-refractivity contribution in [2.75, 3.05) is 39.6 Å². The number of carboxylic acid groups (broad SMARTS) is 2. The van der Waals surface area contributed by atoms with Gasteiger partial charge in [-0.3, -0.25) is 0 Å². The van der Waals surface area contributed by atoms with Gasteiger partial charge in [0.05, 0.1) is 45.2 Å². The number of carbonyl (C=O) groups excluding carboxylic acids is 5. The second-order valence-corrected chi connectivity index (χ2v) is 37.5. The molecule has 6 aromatic rings. The number of rotatable bonds is 47. The molecular weight excluding hydrogens is 1800 g/mol. The SMILES string of the molecule is CC(C)=O.CC1(O)C=CCCC1.CCCCCc1cc(O)c(C2C=C(C)CCC2)c2c1C(=O)OC(C)(C)O2.CCCCCc1cc(O)cc(O)c1C(=O)O.CCCCCc1cc(O)cc(O)c1C(=O)OCC.CCCCCc1cc(O)cc2c1C(=O)OC(C)(C)O2.CCCCCc1cc(OCCCC)cc(OCCCC)c1C(=O)O.CCCCCc1cc(OCCCC)cc(OCCCC)c1C(=O)OCC. The van der Waals surface area contributed by atoms with Gasteiger partial charge in [-0.15, -0.1) is 0 Å². The van der Waals surface area contributed by atoms with Crippen LogP contribution in [0, 0.1) is 0 Å². The van der Waals surface area contributed by atoms with Crippen LogP contribution in [-0.2, 0) is 62.3 Å². The third-order valence-corrected chi connectivity index (χ3v) is 23.2. The van der Waals surface area contributed by atoms with Crippen molar-refractivity contribution in [3.63, 3.8) is 0 Å². The first-order chi connectivity index (χ1) is 67.1. The summed E-state index contributed by atoms with van der Waals surface area (Å²) in [7, 11) is 0. The number of ether oxygens (including phenoxy) is 10. The number of phenolic OH excluding ortho intramolecular Hbond substituents is 5. The Hall–Kier alpha value is -11.2. The highest BCUT2D eigenvalue weighted by Gasteiger charge is 2.41. The van der Waals surface area contributed by atoms with E-state index < -0.39 is 35.1 Å². The monoisotopic (exact) mass is 1970 g/mol. The number of esters is 4. The molecule has 6 aromatic carbocycles. The second-order valence-electron chi connectivity index (χ2n) is 37.5. The van der Waals surface area contributed by atoms with Crippen molar-refractivity contribution in [1.29, 1.82) is 0 Å². The first-order valence-corrected chi connectivity index (χ1v) is 52.0. The molecule has 0 aromatic heterocycles. The lowest BCUT2D eigenvalue weighted by atomic mass is 9.83. The Morgan fingerprint density at radius 3 is 1.16 bits per heavy atom. The molecule has 2 aliphatic carbocycles. The van der Waals surface area contributed by atoms with Gasteiger partial charge in [0.15, 0.2) is 0 Å². The number of phenols is 6. The van der Waals surface area contributed by atoms with Gasteiger partial charge in [0.1, 0.15) is 108 Å². The van der Waals surface area contributed by atoms with E-state index in [4.69, 9.17) is 52.5 Å². The van der Waals surface area contributed by atoms with Gasteiger partial charge in [0.2, 0.25) is 11.6 Å². The smallest absolute Gasteiger partial charge is 0.345 e. The van der Waals surface area contributed by atoms with E-state index in [-0.39, 0.29) is 81.8 Å². The zero-order valence-corrected chi connectivity index (χ0v) is 88.7. The molecule has 0 saturated carbocycles. The fourth-order valence-corrected chi connectivity index (χ4v) is 16.1. The predicted octanol–water partition coefficient (Wildman–Crippen LogP) is 28.1. The van der Waals surface area contributed by atoms with Crippen LogP contribution >= 0.6 is 0 Å². The van der Waals surface area contributed by atoms with E-state index in [9.17, 15) is 74.4 Å². The van der Waals surface area contributed by atoms with E-state index in [1.165, 1.54) is 37.6 Å². The van der Waals surface area contributed by atoms with E-state index in [2.05, 4.69) is 82.2 Å². The molecule has 0 bridgehead atoms. The summed E-state index contributed by atoms with van der Waals surface area (Å²) < 4.78 is 56.1. The lowest BCUT2D eigenvalue weighted by molar-refractivity contribution is -0.128. The number of hydrogen-bond donors (Lipinski definition) is 9. The Kier molecular flexibility index (Phi) is 59.2. The summed E-state index contributed by atoms with van der Waals surface area (Å²) in [6.45, 7) is 41.6. The topological polar surface area (TPSA) is 394 Å². The molecule has 0 spiro atoms. The van der Waals surface area contributed by atoms with E-state index in [0.29, 0.717) is 108 Å². The summed E-state index contributed by atoms with van der Waals surface area (Å²) in [6, 6.07) is 17.4. The van der Waals surface area contributed by atoms with Crippen LogP contribution in [0.3, 0.4) is 0 Å². The van der Waals surface area contributed by atoms with Crippen LogP contribution in [0.2, 0.25) is 0 Å². The first kappa shape index (κ1) is 124. The quantitative estimate of drug-likeness (QED) is 0.00741. The molecule has 141 heavy (non-hydrogen) atoms. The molecular formula is C115H172O26. The second kappa shape index (κ2) is 67.3. The van der Waals surface area contributed by atoms with Crippen molar-refractivity contribution in [2.24, 2.45) is 0 Å². The Morgan fingerprint density at radius 1 is 0.397 bits per heavy atom. The van der Waals surface area contributed by atoms with Crippen LogP contribution in [0.15, 0.2) is 90.5 Å². The standard InChI is InChI=1S/C22H30O4.C22H36O4.C20H32O4.C15H20O4.C14H20O4.C12H16O4.C7H12O.C3H6O/c1-5-6-7-10-16-13-17(23)18(15-11-8-9-14(2)12-15)20-19(16)21(24)26-22(3,4)25-20;1-5-9-12-13-18-16-19(25-14-10-6-2)17-20(26-15-11-7-3)21(18)22(23)24-8-4;1-4-7-10-11-16-14-17(23-12-8-5-2)15-18(19(16)20(21)22)24-13-9-6-3;1-4-5-6-7-10-8-11(16)9-12-13(10)14(17)19-15(2,3)18-12;1-3-5-6-7-10-8-11(15)9-12(16)13(10)14(17)18-4-2;1-2-3-4-5-8-6-9(13)7-10(14)11(8)12(15)16;1-7(8)5-3-2-4-6-7;1-3(2)4/h12-13,15,23H,5-11H2,1-4H3;16-17H,5-15H2,1-4H3;14-15H,4-13H2,1-3H3,(H,21,22);8-9,16H,4-7H2,1-3H3;8-9,15-16H,3-7H2,1-2H3;6-7,13-14H,2-5H2,1H3,(H,15,16);3,5,8H,2,4,6H2,1H3;1-2H3. The molecule has 0 radical (unpaired) electrons. The normalized spacial score (nSPS) is 14.8. The predicted molar refractivity (Wildman–Crippen MR) is 556 cm³/mol. The number of unbranched alkanes of at least 4 members (excludes halogenated alkanes) is 16. The first-order valence-electron chi connectivity index (χ1n) is 52.0. The average molecular weight is 1970 g/mol. The van der Waals surface area contributed by atoms with Gasteiger partial charge in [0, 0.05) is 69.5 Å². The number of allylic oxidation sites excluding steroid dienone is 3. The van der Waals surface area contributed by atoms with Crippen molar-refractivity contribution in [3.8, 4) is 69.0 Å². The average Bonchev–Trinajstić information content (AvgIpc) is 0.748. The van der Waals surface area contributed by atoms with E-state index >= 15 is 0 Å². The molecule has 2 aliphatic heterocycles. The lowest BCUT2D eigenvalue weighted by Gasteiger charge is -2.35. The van der Waals surface area contributed by atoms with Crippen LogP contribution in [0.5, 0.6) is 69.0 Å². The van der Waals surface area contributed by atoms with Gasteiger partial charge in [-0.05, 0) is 253 Å². The van der Waals surface area contributed by atoms with Gasteiger partial charge in [-0.2, -0.15) is 0 Å². The van der Waals surface area contributed by atoms with Gasteiger partial charge >= 0.3 is 35.8 Å². The Balaban J connectivity index is 0.000000427. The number of aliphatic hydroxyl groups is 1. The van der Waals surface area contributed by atoms with Gasteiger partial charge in [-0.1, -0.05) is 196 Å². The van der Waals surface area contributed by atoms with Crippen LogP contribution in [0.1, 0.15) is 451 Å². The molecule has 0 fully saturated rings. The summed E-state index contributed by atoms with van der Waals surface area (Å²) in [5.74, 6) is -2.34. The van der Waals surface area contributed by atoms with Crippen LogP contribution in [-0.4, -0.2) is 144 Å². The summed E-state index contributed by atoms with van der Waals surface area (Å²) >= 11 is 0. The fourth-order valence-electron chi connectivity index (χ4n) is 16.1. The zero-order chi connectivity index (χ0) is 105. The molecule has 26 heteroatoms. The Morgan fingerprint density at radius 2 is 0.759 bits per heavy atom. The van der Waals surface area contributed by atoms with Crippen LogP contribution in [0.25, 0.3) is 0 Å². The minimum Gasteiger partial charge on any atom is -0.508 e. The summed E-state index contributed by atoms with van der Waals surface area (Å²) in [4.78, 5) is 81.3. The highest BCUT2D eigenvalue weighted by atomic mass is 16.7. The lowest BCUT2D eigenvalue weighted by Crippen LogP contribution is -2.40. The maximum absolute atomic E-state index is 12.8. The molecule has 2 heterocycles. The third-order valence-electron chi connectivity index (χ3n) is 23.2. The summed E-state index contributed by atoms with van der Waals surface area (Å²) in [5, 5.41) is 86.5. The van der Waals surface area contributed by atoms with Crippen molar-refractivity contribution in [1.82, 2.24) is 0 Å². The number of carboxylic acids is 2. The largest absolute Gasteiger partial charge is 0.508 e. The maximum atomic E-state index is 12.8. The zero-order valence-electron chi connectivity index (χ0n) is 88.7. The molecule has 26 nitrogen and oxygen atoms in total. The number of fused-ring (bicyclic) bond motifs is 2. The number of Topliss-reactive ketones (excluding diaryl/α,β-unsaturated/α-hetero) is 1. The van der Waals surface area contributed by atoms with Crippen molar-refractivity contribution < 1.29 is 127 Å². The number of aryl methyl sites for hydroxylation is 6. The minimum absolute atomic E-state index is 0.0351. The molecule has 0 saturated heterocycles. The molecule has 4 aliphatic rings. The van der Waals surface area contributed by atoms with E-state index in [1.807, 2.05) is 44.2 Å². The number of benzene rings is 6. The number of ketones is 1. The van der Waals surface area contributed by atoms with E-state index in [1.54, 1.807) is 52.8 Å². The number of aromatic hydroxyl groups is 6. The number of carbonyl (C=O) groups is 7. The van der Waals surface area contributed by atoms with Gasteiger partial charge in [0.25, 0.3) is 0 Å². The Bertz CT molecular complexity index is 4790. The molecule has 2 unspecified atom stereocenters. The molecule has 9 N–H and O–H groups in total. The minimum atomic E-state index is -1.16. The molecule has 0 amide bonds. The van der Waals surface area contributed by atoms with Gasteiger partial charge < -0.3 is 98.1 Å². The van der Waals surface area contributed by atoms with Crippen molar-refractivity contribution >= 4 is 41.6 Å². The van der Waals surface area contributed by atoms with Crippen molar-refractivity contribution in [3.05, 3.63) is 163 Å². The number of hydrogen-bond acceptors (Lipinski definition) is 24. The maximum Gasteiger partial charge on any atom is 0.345 e. The van der Waals surface area contributed by atoms with Crippen LogP contribution < -0.4 is 28.4 Å². The van der Waals surface area contributed by atoms with Crippen molar-refractivity contribution in [2.45, 2.75) is 406 Å². The third kappa shape index (κ3) is 45.8. The Labute approximate surface area is 841 Å². The highest BCUT2D eigenvalue weighted by molar-refractivity contribution is 5.98. The van der Waals surface area contributed by atoms with E-state index in [0.717, 1.165) is 277 Å². The molecule has 10 rings (SSSR count). The molecule has 2 atom stereocenters. The summed E-state index contributed by atoms with van der Waals surface area (Å²) in [5.41, 5.74) is 7.98. The number of aromatic carboxylic acids is 2. The van der Waals surface area contributed by atoms with Gasteiger partial charge in [-0.25, -0.2) is 28.8 Å². The fraction of sp³-hybridized carbons (Fsp3) is 0.591. The number of cyclic esters (lactones) is 2. The molecule has 788 valence electrons.